The Morgan fingerprint density at radius 1 is 1.00 bits per heavy atom. The molecule has 7 heteroatoms. The van der Waals surface area contributed by atoms with Crippen LogP contribution in [0.5, 0.6) is 5.75 Å². The third-order valence-electron chi connectivity index (χ3n) is 3.75. The second-order valence-corrected chi connectivity index (χ2v) is 6.45. The summed E-state index contributed by atoms with van der Waals surface area (Å²) in [6, 6.07) is 17.5. The molecule has 3 rings (SSSR count). The molecule has 132 valence electrons. The van der Waals surface area contributed by atoms with Crippen LogP contribution in [-0.2, 0) is 13.0 Å². The molecule has 0 amide bonds. The third kappa shape index (κ3) is 5.96. The number of benzene rings is 2. The molecule has 2 aromatic carbocycles. The van der Waals surface area contributed by atoms with E-state index in [0.717, 1.165) is 11.1 Å². The standard InChI is InChI=1S/C20H15Cl2NO3.Na/c21-15-8-9-19(26-12-13-4-1-2-6-17(13)22)14(10-15)11-16-5-3-7-18(23-16)20(24)25;/h1-10H,11-12H2,(H,24,25);/q;+1/p-1. The molecule has 1 heterocycles. The number of halogens is 2. The van der Waals surface area contributed by atoms with Gasteiger partial charge < -0.3 is 14.6 Å². The molecule has 1 aromatic heterocycles. The molecule has 4 nitrogen and oxygen atoms in total. The zero-order valence-corrected chi connectivity index (χ0v) is 18.1. The maximum absolute atomic E-state index is 11.0. The molecule has 3 aromatic rings. The van der Waals surface area contributed by atoms with Gasteiger partial charge in [0.1, 0.15) is 12.4 Å². The summed E-state index contributed by atoms with van der Waals surface area (Å²) in [5.74, 6) is -0.678. The molecule has 0 spiro atoms. The van der Waals surface area contributed by atoms with E-state index in [1.807, 2.05) is 18.2 Å². The number of carboxylic acids is 1. The summed E-state index contributed by atoms with van der Waals surface area (Å²) in [5, 5.41) is 12.2. The fourth-order valence-corrected chi connectivity index (χ4v) is 2.87. The Bertz CT molecular complexity index is 950. The van der Waals surface area contributed by atoms with Crippen LogP contribution in [0.3, 0.4) is 0 Å². The van der Waals surface area contributed by atoms with Crippen molar-refractivity contribution in [2.45, 2.75) is 13.0 Å². The number of nitrogens with zero attached hydrogens (tertiary/aromatic N) is 1. The Kier molecular flexibility index (Phi) is 8.14. The van der Waals surface area contributed by atoms with Gasteiger partial charge in [0.15, 0.2) is 0 Å². The van der Waals surface area contributed by atoms with Crippen molar-refractivity contribution < 1.29 is 44.2 Å². The first-order valence-corrected chi connectivity index (χ1v) is 8.60. The smallest absolute Gasteiger partial charge is 0.543 e. The number of aromatic nitrogens is 1. The minimum Gasteiger partial charge on any atom is -0.543 e. The molecule has 0 atom stereocenters. The average molecular weight is 410 g/mol. The van der Waals surface area contributed by atoms with Crippen LogP contribution in [0.15, 0.2) is 60.7 Å². The van der Waals surface area contributed by atoms with E-state index < -0.39 is 5.97 Å². The van der Waals surface area contributed by atoms with Gasteiger partial charge >= 0.3 is 29.6 Å². The largest absolute Gasteiger partial charge is 1.00 e. The quantitative estimate of drug-likeness (QED) is 0.568. The summed E-state index contributed by atoms with van der Waals surface area (Å²) in [7, 11) is 0. The van der Waals surface area contributed by atoms with Crippen LogP contribution in [0.1, 0.15) is 27.3 Å². The van der Waals surface area contributed by atoms with Gasteiger partial charge in [0.25, 0.3) is 0 Å². The third-order valence-corrected chi connectivity index (χ3v) is 4.35. The SMILES string of the molecule is O=C([O-])c1cccc(Cc2cc(Cl)ccc2OCc2ccccc2Cl)n1.[Na+]. The minimum atomic E-state index is -1.31. The number of carbonyl (C=O) groups excluding carboxylic acids is 1. The van der Waals surface area contributed by atoms with Gasteiger partial charge in [-0.2, -0.15) is 0 Å². The molecular weight excluding hydrogens is 396 g/mol. The van der Waals surface area contributed by atoms with Gasteiger partial charge in [-0.15, -0.1) is 0 Å². The van der Waals surface area contributed by atoms with Gasteiger partial charge in [0.05, 0.1) is 11.7 Å². The maximum Gasteiger partial charge on any atom is 1.00 e. The van der Waals surface area contributed by atoms with Crippen molar-refractivity contribution in [1.29, 1.82) is 0 Å². The van der Waals surface area contributed by atoms with Crippen LogP contribution in [0.2, 0.25) is 10.0 Å². The number of ether oxygens (including phenoxy) is 1. The van der Waals surface area contributed by atoms with E-state index in [4.69, 9.17) is 27.9 Å². The van der Waals surface area contributed by atoms with Crippen molar-refractivity contribution >= 4 is 29.2 Å². The molecule has 0 unspecified atom stereocenters. The minimum absolute atomic E-state index is 0. The molecule has 0 radical (unpaired) electrons. The predicted octanol–water partition coefficient (Wildman–Crippen LogP) is 0.926. The zero-order valence-electron chi connectivity index (χ0n) is 14.6. The molecule has 0 aliphatic carbocycles. The zero-order chi connectivity index (χ0) is 18.5. The van der Waals surface area contributed by atoms with E-state index in [1.54, 1.807) is 36.4 Å². The van der Waals surface area contributed by atoms with Crippen molar-refractivity contribution in [2.24, 2.45) is 0 Å². The number of rotatable bonds is 6. The van der Waals surface area contributed by atoms with E-state index >= 15 is 0 Å². The van der Waals surface area contributed by atoms with Gasteiger partial charge in [-0.05, 0) is 36.4 Å². The molecule has 27 heavy (non-hydrogen) atoms. The van der Waals surface area contributed by atoms with Crippen molar-refractivity contribution in [1.82, 2.24) is 4.98 Å². The first-order chi connectivity index (χ1) is 12.5. The van der Waals surface area contributed by atoms with Crippen LogP contribution >= 0.6 is 23.2 Å². The van der Waals surface area contributed by atoms with Gasteiger partial charge in [-0.3, -0.25) is 4.98 Å². The molecule has 0 bridgehead atoms. The normalized spacial score (nSPS) is 10.1. The number of carboxylic acid groups (broad SMARTS) is 1. The molecule has 0 aliphatic rings. The molecular formula is C20H14Cl2NNaO3. The Morgan fingerprint density at radius 3 is 2.52 bits per heavy atom. The maximum atomic E-state index is 11.0. The van der Waals surface area contributed by atoms with Crippen LogP contribution in [0, 0.1) is 0 Å². The van der Waals surface area contributed by atoms with E-state index in [2.05, 4.69) is 4.98 Å². The van der Waals surface area contributed by atoms with Crippen molar-refractivity contribution in [3.63, 3.8) is 0 Å². The predicted molar refractivity (Wildman–Crippen MR) is 98.6 cm³/mol. The van der Waals surface area contributed by atoms with E-state index in [0.29, 0.717) is 34.5 Å². The Hall–Kier alpha value is -1.56. The summed E-state index contributed by atoms with van der Waals surface area (Å²) < 4.78 is 5.91. The number of aromatic carboxylic acids is 1. The van der Waals surface area contributed by atoms with Crippen molar-refractivity contribution in [3.05, 3.63) is 93.2 Å². The molecule has 0 fully saturated rings. The Balaban J connectivity index is 0.00000261. The molecule has 0 saturated carbocycles. The Morgan fingerprint density at radius 2 is 1.78 bits per heavy atom. The number of carbonyl (C=O) groups is 1. The summed E-state index contributed by atoms with van der Waals surface area (Å²) in [6.45, 7) is 0.306. The first kappa shape index (κ1) is 21.7. The summed E-state index contributed by atoms with van der Waals surface area (Å²) in [4.78, 5) is 15.1. The second kappa shape index (κ2) is 10.1. The second-order valence-electron chi connectivity index (χ2n) is 5.61. The van der Waals surface area contributed by atoms with Crippen LogP contribution < -0.4 is 39.4 Å². The van der Waals surface area contributed by atoms with Crippen molar-refractivity contribution in [2.75, 3.05) is 0 Å². The van der Waals surface area contributed by atoms with Gasteiger partial charge in [-0.25, -0.2) is 0 Å². The molecule has 0 N–H and O–H groups in total. The van der Waals surface area contributed by atoms with Gasteiger partial charge in [-0.1, -0.05) is 47.5 Å². The fraction of sp³-hybridized carbons (Fsp3) is 0.100. The van der Waals surface area contributed by atoms with Crippen LogP contribution in [-0.4, -0.2) is 11.0 Å². The topological polar surface area (TPSA) is 62.2 Å². The van der Waals surface area contributed by atoms with E-state index in [-0.39, 0.29) is 35.3 Å². The fourth-order valence-electron chi connectivity index (χ4n) is 2.48. The van der Waals surface area contributed by atoms with E-state index in [9.17, 15) is 9.90 Å². The van der Waals surface area contributed by atoms with Gasteiger partial charge in [0, 0.05) is 33.3 Å². The van der Waals surface area contributed by atoms with Crippen LogP contribution in [0.4, 0.5) is 0 Å². The van der Waals surface area contributed by atoms with Gasteiger partial charge in [0.2, 0.25) is 0 Å². The molecule has 0 aliphatic heterocycles. The molecule has 0 saturated heterocycles. The first-order valence-electron chi connectivity index (χ1n) is 7.85. The Labute approximate surface area is 189 Å². The van der Waals surface area contributed by atoms with Crippen molar-refractivity contribution in [3.8, 4) is 5.75 Å². The summed E-state index contributed by atoms with van der Waals surface area (Å²) in [6.07, 6.45) is 0.375. The summed E-state index contributed by atoms with van der Waals surface area (Å²) >= 11 is 12.3. The average Bonchev–Trinajstić information content (AvgIpc) is 2.62. The number of pyridine rings is 1. The number of hydrogen-bond acceptors (Lipinski definition) is 4. The number of hydrogen-bond donors (Lipinski definition) is 0. The summed E-state index contributed by atoms with van der Waals surface area (Å²) in [5.41, 5.74) is 2.14. The monoisotopic (exact) mass is 409 g/mol. The van der Waals surface area contributed by atoms with E-state index in [1.165, 1.54) is 6.07 Å². The van der Waals surface area contributed by atoms with Crippen LogP contribution in [0.25, 0.3) is 0 Å².